The summed E-state index contributed by atoms with van der Waals surface area (Å²) in [4.78, 5) is 29.9. The standard InChI is InChI=1S/C20H17ClN2O3S/c1-2-10-23-18(24)17(12-13-4-3-5-15(21)11-13)27-20(23)22-16-8-6-14(7-9-16)19(25)26/h2-9,11,17H,1,10,12H2,(H,25,26)/t17-/m1/s1. The van der Waals surface area contributed by atoms with Crippen LogP contribution in [0.15, 0.2) is 66.2 Å². The zero-order valence-electron chi connectivity index (χ0n) is 14.3. The molecule has 1 N–H and O–H groups in total. The molecule has 0 unspecified atom stereocenters. The molecule has 138 valence electrons. The van der Waals surface area contributed by atoms with Crippen LogP contribution in [0.4, 0.5) is 5.69 Å². The van der Waals surface area contributed by atoms with Crippen LogP contribution < -0.4 is 0 Å². The minimum Gasteiger partial charge on any atom is -0.478 e. The molecule has 1 aliphatic heterocycles. The lowest BCUT2D eigenvalue weighted by Crippen LogP contribution is -2.32. The number of aliphatic imine (C=N–C) groups is 1. The van der Waals surface area contributed by atoms with Crippen molar-refractivity contribution >= 4 is 46.1 Å². The average Bonchev–Trinajstić information content (AvgIpc) is 2.91. The molecular formula is C20H17ClN2O3S. The zero-order chi connectivity index (χ0) is 19.4. The number of thioether (sulfide) groups is 1. The van der Waals surface area contributed by atoms with E-state index in [9.17, 15) is 9.59 Å². The van der Waals surface area contributed by atoms with E-state index in [1.54, 1.807) is 29.2 Å². The van der Waals surface area contributed by atoms with E-state index in [1.807, 2.05) is 18.2 Å². The molecule has 2 aromatic rings. The van der Waals surface area contributed by atoms with Crippen molar-refractivity contribution in [1.29, 1.82) is 0 Å². The zero-order valence-corrected chi connectivity index (χ0v) is 15.9. The maximum absolute atomic E-state index is 12.8. The fourth-order valence-corrected chi connectivity index (χ4v) is 4.11. The summed E-state index contributed by atoms with van der Waals surface area (Å²) in [6.07, 6.45) is 2.21. The van der Waals surface area contributed by atoms with E-state index in [0.29, 0.717) is 28.8 Å². The number of halogens is 1. The Morgan fingerprint density at radius 2 is 2.04 bits per heavy atom. The van der Waals surface area contributed by atoms with E-state index in [0.717, 1.165) is 5.56 Å². The van der Waals surface area contributed by atoms with Crippen LogP contribution in [0.1, 0.15) is 15.9 Å². The second-order valence-electron chi connectivity index (χ2n) is 5.92. The van der Waals surface area contributed by atoms with Crippen molar-refractivity contribution in [2.45, 2.75) is 11.7 Å². The summed E-state index contributed by atoms with van der Waals surface area (Å²) in [5.74, 6) is -1.02. The van der Waals surface area contributed by atoms with Gasteiger partial charge in [0.25, 0.3) is 0 Å². The van der Waals surface area contributed by atoms with E-state index in [4.69, 9.17) is 16.7 Å². The molecule has 0 aromatic heterocycles. The molecule has 27 heavy (non-hydrogen) atoms. The van der Waals surface area contributed by atoms with Gasteiger partial charge in [0.05, 0.1) is 16.5 Å². The van der Waals surface area contributed by atoms with Crippen LogP contribution in [0.25, 0.3) is 0 Å². The van der Waals surface area contributed by atoms with Gasteiger partial charge in [-0.1, -0.05) is 41.6 Å². The molecule has 0 aliphatic carbocycles. The number of benzene rings is 2. The van der Waals surface area contributed by atoms with E-state index in [-0.39, 0.29) is 16.7 Å². The van der Waals surface area contributed by atoms with Crippen molar-refractivity contribution in [3.05, 3.63) is 77.3 Å². The third-order valence-electron chi connectivity index (χ3n) is 3.98. The maximum Gasteiger partial charge on any atom is 0.335 e. The number of carboxylic acid groups (broad SMARTS) is 1. The van der Waals surface area contributed by atoms with Gasteiger partial charge in [-0.3, -0.25) is 9.69 Å². The van der Waals surface area contributed by atoms with Gasteiger partial charge in [-0.05, 0) is 48.4 Å². The van der Waals surface area contributed by atoms with E-state index in [2.05, 4.69) is 11.6 Å². The molecule has 0 spiro atoms. The first-order chi connectivity index (χ1) is 13.0. The third kappa shape index (κ3) is 4.59. The first kappa shape index (κ1) is 19.2. The van der Waals surface area contributed by atoms with E-state index >= 15 is 0 Å². The van der Waals surface area contributed by atoms with Crippen LogP contribution in [0.2, 0.25) is 5.02 Å². The lowest BCUT2D eigenvalue weighted by molar-refractivity contribution is -0.125. The summed E-state index contributed by atoms with van der Waals surface area (Å²) in [5.41, 5.74) is 1.77. The average molecular weight is 401 g/mol. The van der Waals surface area contributed by atoms with Gasteiger partial charge < -0.3 is 5.11 Å². The van der Waals surface area contributed by atoms with Crippen LogP contribution in [0.3, 0.4) is 0 Å². The van der Waals surface area contributed by atoms with Crippen molar-refractivity contribution in [3.8, 4) is 0 Å². The van der Waals surface area contributed by atoms with Crippen molar-refractivity contribution in [2.75, 3.05) is 6.54 Å². The van der Waals surface area contributed by atoms with E-state index < -0.39 is 5.97 Å². The summed E-state index contributed by atoms with van der Waals surface area (Å²) in [6, 6.07) is 13.7. The highest BCUT2D eigenvalue weighted by molar-refractivity contribution is 8.15. The molecule has 1 amide bonds. The number of amidine groups is 1. The summed E-state index contributed by atoms with van der Waals surface area (Å²) in [6.45, 7) is 4.08. The van der Waals surface area contributed by atoms with Crippen LogP contribution in [-0.2, 0) is 11.2 Å². The Hall–Kier alpha value is -2.57. The van der Waals surface area contributed by atoms with Crippen molar-refractivity contribution in [3.63, 3.8) is 0 Å². The predicted octanol–water partition coefficient (Wildman–Crippen LogP) is 4.40. The predicted molar refractivity (Wildman–Crippen MR) is 109 cm³/mol. The van der Waals surface area contributed by atoms with Gasteiger partial charge >= 0.3 is 5.97 Å². The number of hydrogen-bond donors (Lipinski definition) is 1. The Balaban J connectivity index is 1.84. The van der Waals surface area contributed by atoms with Gasteiger partial charge in [0.15, 0.2) is 5.17 Å². The number of aromatic carboxylic acids is 1. The Kier molecular flexibility index (Phi) is 5.98. The van der Waals surface area contributed by atoms with Crippen LogP contribution in [0, 0.1) is 0 Å². The molecule has 1 aliphatic rings. The highest BCUT2D eigenvalue weighted by atomic mass is 35.5. The van der Waals surface area contributed by atoms with Crippen LogP contribution >= 0.6 is 23.4 Å². The second kappa shape index (κ2) is 8.41. The van der Waals surface area contributed by atoms with Crippen LogP contribution in [-0.4, -0.2) is 38.8 Å². The number of rotatable bonds is 6. The molecular weight excluding hydrogens is 384 g/mol. The largest absolute Gasteiger partial charge is 0.478 e. The molecule has 3 rings (SSSR count). The lowest BCUT2D eigenvalue weighted by Gasteiger charge is -2.13. The van der Waals surface area contributed by atoms with Crippen LogP contribution in [0.5, 0.6) is 0 Å². The van der Waals surface area contributed by atoms with Crippen molar-refractivity contribution in [1.82, 2.24) is 4.90 Å². The van der Waals surface area contributed by atoms with Crippen molar-refractivity contribution < 1.29 is 14.7 Å². The molecule has 0 radical (unpaired) electrons. The van der Waals surface area contributed by atoms with Gasteiger partial charge in [-0.2, -0.15) is 0 Å². The number of amides is 1. The quantitative estimate of drug-likeness (QED) is 0.729. The van der Waals surface area contributed by atoms with E-state index in [1.165, 1.54) is 23.9 Å². The normalized spacial score (nSPS) is 18.1. The topological polar surface area (TPSA) is 70.0 Å². The first-order valence-corrected chi connectivity index (χ1v) is 9.49. The van der Waals surface area contributed by atoms with Gasteiger partial charge in [-0.15, -0.1) is 6.58 Å². The summed E-state index contributed by atoms with van der Waals surface area (Å²) < 4.78 is 0. The molecule has 1 fully saturated rings. The molecule has 1 atom stereocenters. The second-order valence-corrected chi connectivity index (χ2v) is 7.53. The van der Waals surface area contributed by atoms with Gasteiger partial charge in [0, 0.05) is 11.6 Å². The number of hydrogen-bond acceptors (Lipinski definition) is 4. The first-order valence-electron chi connectivity index (χ1n) is 8.23. The highest BCUT2D eigenvalue weighted by Crippen LogP contribution is 2.32. The fraction of sp³-hybridized carbons (Fsp3) is 0.150. The monoisotopic (exact) mass is 400 g/mol. The minimum atomic E-state index is -0.991. The molecule has 0 saturated carbocycles. The Morgan fingerprint density at radius 1 is 1.30 bits per heavy atom. The summed E-state index contributed by atoms with van der Waals surface area (Å²) in [7, 11) is 0. The van der Waals surface area contributed by atoms with Gasteiger partial charge in [-0.25, -0.2) is 9.79 Å². The van der Waals surface area contributed by atoms with Gasteiger partial charge in [0.1, 0.15) is 0 Å². The Labute approximate surface area is 166 Å². The Morgan fingerprint density at radius 3 is 2.67 bits per heavy atom. The maximum atomic E-state index is 12.8. The molecule has 7 heteroatoms. The summed E-state index contributed by atoms with van der Waals surface area (Å²) in [5, 5.41) is 9.91. The minimum absolute atomic E-state index is 0.0271. The molecule has 1 heterocycles. The Bertz CT molecular complexity index is 912. The molecule has 5 nitrogen and oxygen atoms in total. The fourth-order valence-electron chi connectivity index (χ4n) is 2.69. The summed E-state index contributed by atoms with van der Waals surface area (Å²) >= 11 is 7.43. The number of nitrogens with zero attached hydrogens (tertiary/aromatic N) is 2. The number of carboxylic acids is 1. The lowest BCUT2D eigenvalue weighted by atomic mass is 10.1. The number of carbonyl (C=O) groups is 2. The van der Waals surface area contributed by atoms with Gasteiger partial charge in [0.2, 0.25) is 5.91 Å². The smallest absolute Gasteiger partial charge is 0.335 e. The SMILES string of the molecule is C=CCN1C(=O)[C@@H](Cc2cccc(Cl)c2)SC1=Nc1ccc(C(=O)O)cc1. The van der Waals surface area contributed by atoms with Crippen molar-refractivity contribution in [2.24, 2.45) is 4.99 Å². The molecule has 1 saturated heterocycles. The third-order valence-corrected chi connectivity index (χ3v) is 5.39. The number of carbonyl (C=O) groups excluding carboxylic acids is 1. The molecule has 0 bridgehead atoms. The highest BCUT2D eigenvalue weighted by Gasteiger charge is 2.37. The molecule has 2 aromatic carbocycles.